The molecule has 0 spiro atoms. The van der Waals surface area contributed by atoms with Crippen molar-refractivity contribution in [2.45, 2.75) is 43.4 Å². The monoisotopic (exact) mass is 364 g/mol. The van der Waals surface area contributed by atoms with E-state index in [4.69, 9.17) is 0 Å². The molecule has 7 heteroatoms. The number of hydrogen-bond donors (Lipinski definition) is 1. The minimum absolute atomic E-state index is 0.00421. The van der Waals surface area contributed by atoms with Crippen LogP contribution in [0.5, 0.6) is 0 Å². The smallest absolute Gasteiger partial charge is 0.251 e. The lowest BCUT2D eigenvalue weighted by atomic mass is 10.0. The number of carbonyl (C=O) groups is 2. The molecule has 1 aliphatic heterocycles. The van der Waals surface area contributed by atoms with Gasteiger partial charge in [-0.25, -0.2) is 8.42 Å². The highest BCUT2D eigenvalue weighted by molar-refractivity contribution is 7.93. The molecule has 0 unspecified atom stereocenters. The Balaban J connectivity index is 1.57. The van der Waals surface area contributed by atoms with E-state index in [0.29, 0.717) is 44.3 Å². The Morgan fingerprint density at radius 1 is 1.16 bits per heavy atom. The number of hydrogen-bond acceptors (Lipinski definition) is 4. The van der Waals surface area contributed by atoms with Crippen molar-refractivity contribution in [2.75, 3.05) is 19.3 Å². The normalized spacial score (nSPS) is 20.2. The highest BCUT2D eigenvalue weighted by Gasteiger charge is 2.60. The molecule has 0 radical (unpaired) electrons. The summed E-state index contributed by atoms with van der Waals surface area (Å²) in [6.07, 6.45) is 3.28. The fraction of sp³-hybridized carbons (Fsp3) is 0.556. The molecule has 1 aliphatic carbocycles. The van der Waals surface area contributed by atoms with E-state index < -0.39 is 14.6 Å². The molecular weight excluding hydrogens is 340 g/mol. The standard InChI is InChI=1S/C18H24N2O4S/c1-13-5-3-4-6-15(13)16(21)19-14-7-11-20(12-8-14)17(22)18(9-10-18)25(2,23)24/h3-6,14H,7-12H2,1-2H3,(H,19,21). The summed E-state index contributed by atoms with van der Waals surface area (Å²) in [5.74, 6) is -0.364. The molecule has 1 saturated carbocycles. The first-order chi connectivity index (χ1) is 11.7. The van der Waals surface area contributed by atoms with E-state index in [1.165, 1.54) is 0 Å². The molecule has 1 heterocycles. The molecule has 136 valence electrons. The van der Waals surface area contributed by atoms with Gasteiger partial charge < -0.3 is 10.2 Å². The van der Waals surface area contributed by atoms with E-state index in [1.807, 2.05) is 25.1 Å². The first-order valence-electron chi connectivity index (χ1n) is 8.60. The van der Waals surface area contributed by atoms with Gasteiger partial charge >= 0.3 is 0 Å². The molecule has 3 rings (SSSR count). The van der Waals surface area contributed by atoms with Crippen molar-refractivity contribution in [3.8, 4) is 0 Å². The number of nitrogens with zero attached hydrogens (tertiary/aromatic N) is 1. The molecule has 1 N–H and O–H groups in total. The van der Waals surface area contributed by atoms with Crippen LogP contribution in [0.3, 0.4) is 0 Å². The number of piperidine rings is 1. The second kappa shape index (κ2) is 6.44. The van der Waals surface area contributed by atoms with Gasteiger partial charge in [-0.2, -0.15) is 0 Å². The molecule has 1 saturated heterocycles. The number of nitrogens with one attached hydrogen (secondary N) is 1. The third kappa shape index (κ3) is 3.42. The van der Waals surface area contributed by atoms with Crippen molar-refractivity contribution in [2.24, 2.45) is 0 Å². The molecule has 1 aromatic rings. The molecule has 1 aromatic carbocycles. The summed E-state index contributed by atoms with van der Waals surface area (Å²) in [5.41, 5.74) is 1.59. The van der Waals surface area contributed by atoms with Crippen molar-refractivity contribution in [1.82, 2.24) is 10.2 Å². The number of carbonyl (C=O) groups excluding carboxylic acids is 2. The predicted octanol–water partition coefficient (Wildman–Crippen LogP) is 1.29. The van der Waals surface area contributed by atoms with E-state index in [1.54, 1.807) is 11.0 Å². The van der Waals surface area contributed by atoms with Crippen LogP contribution in [0.1, 0.15) is 41.6 Å². The van der Waals surface area contributed by atoms with Crippen LogP contribution < -0.4 is 5.32 Å². The predicted molar refractivity (Wildman–Crippen MR) is 95.1 cm³/mol. The SMILES string of the molecule is Cc1ccccc1C(=O)NC1CCN(C(=O)C2(S(C)(=O)=O)CC2)CC1. The van der Waals surface area contributed by atoms with Gasteiger partial charge in [0.2, 0.25) is 5.91 Å². The third-order valence-electron chi connectivity index (χ3n) is 5.31. The lowest BCUT2D eigenvalue weighted by Gasteiger charge is -2.34. The molecule has 0 bridgehead atoms. The molecule has 25 heavy (non-hydrogen) atoms. The molecule has 2 fully saturated rings. The van der Waals surface area contributed by atoms with Crippen LogP contribution >= 0.6 is 0 Å². The minimum atomic E-state index is -3.37. The Hall–Kier alpha value is -1.89. The number of likely N-dealkylation sites (tertiary alicyclic amines) is 1. The number of sulfone groups is 1. The average Bonchev–Trinajstić information content (AvgIpc) is 3.37. The topological polar surface area (TPSA) is 83.6 Å². The van der Waals surface area contributed by atoms with E-state index in [0.717, 1.165) is 11.8 Å². The maximum Gasteiger partial charge on any atom is 0.251 e. The van der Waals surface area contributed by atoms with Gasteiger partial charge in [-0.05, 0) is 44.2 Å². The Morgan fingerprint density at radius 2 is 1.76 bits per heavy atom. The van der Waals surface area contributed by atoms with Crippen LogP contribution in [0.15, 0.2) is 24.3 Å². The lowest BCUT2D eigenvalue weighted by Crippen LogP contribution is -2.51. The van der Waals surface area contributed by atoms with E-state index in [9.17, 15) is 18.0 Å². The maximum absolute atomic E-state index is 12.6. The van der Waals surface area contributed by atoms with Crippen molar-refractivity contribution >= 4 is 21.7 Å². The first kappa shape index (κ1) is 17.9. The van der Waals surface area contributed by atoms with Crippen LogP contribution in [-0.4, -0.2) is 55.3 Å². The summed E-state index contributed by atoms with van der Waals surface area (Å²) < 4.78 is 22.6. The zero-order valence-electron chi connectivity index (χ0n) is 14.6. The quantitative estimate of drug-likeness (QED) is 0.873. The highest BCUT2D eigenvalue weighted by atomic mass is 32.2. The number of benzene rings is 1. The zero-order chi connectivity index (χ0) is 18.2. The Bertz CT molecular complexity index is 791. The van der Waals surface area contributed by atoms with Crippen molar-refractivity contribution in [3.63, 3.8) is 0 Å². The van der Waals surface area contributed by atoms with Gasteiger partial charge in [0.1, 0.15) is 0 Å². The van der Waals surface area contributed by atoms with Crippen LogP contribution in [-0.2, 0) is 14.6 Å². The summed E-state index contributed by atoms with van der Waals surface area (Å²) in [6.45, 7) is 2.86. The maximum atomic E-state index is 12.6. The molecule has 2 aliphatic rings. The highest BCUT2D eigenvalue weighted by Crippen LogP contribution is 2.45. The molecule has 2 amide bonds. The van der Waals surface area contributed by atoms with Gasteiger partial charge in [0.05, 0.1) is 0 Å². The van der Waals surface area contributed by atoms with E-state index >= 15 is 0 Å². The second-order valence-electron chi connectivity index (χ2n) is 7.12. The third-order valence-corrected chi connectivity index (χ3v) is 7.31. The summed E-state index contributed by atoms with van der Waals surface area (Å²) in [5, 5.41) is 3.02. The summed E-state index contributed by atoms with van der Waals surface area (Å²) in [4.78, 5) is 26.6. The number of amides is 2. The summed E-state index contributed by atoms with van der Waals surface area (Å²) >= 11 is 0. The van der Waals surface area contributed by atoms with Gasteiger partial charge in [-0.15, -0.1) is 0 Å². The zero-order valence-corrected chi connectivity index (χ0v) is 15.4. The van der Waals surface area contributed by atoms with Gasteiger partial charge in [0, 0.05) is 31.0 Å². The minimum Gasteiger partial charge on any atom is -0.349 e. The molecule has 0 aromatic heterocycles. The van der Waals surface area contributed by atoms with Gasteiger partial charge in [-0.1, -0.05) is 18.2 Å². The van der Waals surface area contributed by atoms with Gasteiger partial charge in [0.15, 0.2) is 14.6 Å². The average molecular weight is 364 g/mol. The Kier molecular flexibility index (Phi) is 4.62. The lowest BCUT2D eigenvalue weighted by molar-refractivity contribution is -0.132. The Morgan fingerprint density at radius 3 is 2.28 bits per heavy atom. The van der Waals surface area contributed by atoms with Crippen LogP contribution in [0.25, 0.3) is 0 Å². The second-order valence-corrected chi connectivity index (χ2v) is 9.45. The van der Waals surface area contributed by atoms with Crippen molar-refractivity contribution < 1.29 is 18.0 Å². The van der Waals surface area contributed by atoms with Gasteiger partial charge in [-0.3, -0.25) is 9.59 Å². The number of aryl methyl sites for hydroxylation is 1. The summed E-state index contributed by atoms with van der Waals surface area (Å²) in [6, 6.07) is 7.43. The fourth-order valence-corrected chi connectivity index (χ4v) is 4.75. The van der Waals surface area contributed by atoms with Crippen molar-refractivity contribution in [3.05, 3.63) is 35.4 Å². The van der Waals surface area contributed by atoms with Gasteiger partial charge in [0.25, 0.3) is 5.91 Å². The fourth-order valence-electron chi connectivity index (χ4n) is 3.46. The largest absolute Gasteiger partial charge is 0.349 e. The van der Waals surface area contributed by atoms with Crippen LogP contribution in [0.2, 0.25) is 0 Å². The summed E-state index contributed by atoms with van der Waals surface area (Å²) in [7, 11) is -3.37. The van der Waals surface area contributed by atoms with Crippen molar-refractivity contribution in [1.29, 1.82) is 0 Å². The molecule has 0 atom stereocenters. The van der Waals surface area contributed by atoms with Crippen LogP contribution in [0, 0.1) is 6.92 Å². The Labute approximate surface area is 148 Å². The van der Waals surface area contributed by atoms with E-state index in [-0.39, 0.29) is 17.9 Å². The molecule has 6 nitrogen and oxygen atoms in total. The first-order valence-corrected chi connectivity index (χ1v) is 10.5. The molecular formula is C18H24N2O4S. The van der Waals surface area contributed by atoms with E-state index in [2.05, 4.69) is 5.32 Å². The van der Waals surface area contributed by atoms with Crippen LogP contribution in [0.4, 0.5) is 0 Å². The number of rotatable bonds is 4.